The van der Waals surface area contributed by atoms with E-state index < -0.39 is 11.6 Å². The van der Waals surface area contributed by atoms with Crippen molar-refractivity contribution in [2.75, 3.05) is 0 Å². The van der Waals surface area contributed by atoms with Crippen LogP contribution in [0.5, 0.6) is 0 Å². The van der Waals surface area contributed by atoms with E-state index in [0.29, 0.717) is 12.8 Å². The zero-order chi connectivity index (χ0) is 11.6. The Morgan fingerprint density at radius 3 is 2.38 bits per heavy atom. The van der Waals surface area contributed by atoms with Crippen molar-refractivity contribution in [2.45, 2.75) is 70.4 Å². The molecule has 92 valence electrons. The first-order chi connectivity index (χ1) is 7.66. The van der Waals surface area contributed by atoms with Gasteiger partial charge in [0.25, 0.3) is 5.79 Å². The summed E-state index contributed by atoms with van der Waals surface area (Å²) in [6.45, 7) is 3.71. The molecule has 1 heterocycles. The van der Waals surface area contributed by atoms with Gasteiger partial charge in [-0.1, -0.05) is 20.3 Å². The van der Waals surface area contributed by atoms with E-state index in [2.05, 4.69) is 0 Å². The molecule has 1 spiro atoms. The molecule has 1 atom stereocenters. The molecule has 1 aliphatic heterocycles. The second-order valence-electron chi connectivity index (χ2n) is 4.62. The van der Waals surface area contributed by atoms with Crippen molar-refractivity contribution in [3.05, 3.63) is 0 Å². The van der Waals surface area contributed by atoms with Gasteiger partial charge in [0, 0.05) is 25.7 Å². The van der Waals surface area contributed by atoms with Crippen molar-refractivity contribution in [3.8, 4) is 0 Å². The maximum Gasteiger partial charge on any atom is 0.263 e. The van der Waals surface area contributed by atoms with Crippen LogP contribution in [0.3, 0.4) is 0 Å². The average molecular weight is 228 g/mol. The van der Waals surface area contributed by atoms with Gasteiger partial charge in [0.15, 0.2) is 5.78 Å². The summed E-state index contributed by atoms with van der Waals surface area (Å²) < 4.78 is 5.89. The highest BCUT2D eigenvalue weighted by atomic mass is 17.3. The van der Waals surface area contributed by atoms with E-state index in [1.54, 1.807) is 0 Å². The van der Waals surface area contributed by atoms with Gasteiger partial charge >= 0.3 is 0 Å². The van der Waals surface area contributed by atoms with Crippen LogP contribution in [0.15, 0.2) is 0 Å². The largest absolute Gasteiger partial charge is 0.306 e. The molecule has 16 heavy (non-hydrogen) atoms. The number of carbonyl (C=O) groups is 1. The molecule has 4 heteroatoms. The predicted octanol–water partition coefficient (Wildman–Crippen LogP) is 2.71. The lowest BCUT2D eigenvalue weighted by atomic mass is 9.93. The van der Waals surface area contributed by atoms with E-state index in [9.17, 15) is 4.79 Å². The number of Topliss-reactive ketones (excluding diaryl/α,β-unsaturated/α-hetero) is 1. The fraction of sp³-hybridized carbons (Fsp3) is 0.917. The fourth-order valence-electron chi connectivity index (χ4n) is 2.45. The average Bonchev–Trinajstić information content (AvgIpc) is 2.69. The maximum atomic E-state index is 11.9. The quantitative estimate of drug-likeness (QED) is 0.697. The van der Waals surface area contributed by atoms with Crippen molar-refractivity contribution in [3.63, 3.8) is 0 Å². The summed E-state index contributed by atoms with van der Waals surface area (Å²) in [5, 5.41) is 0. The van der Waals surface area contributed by atoms with Crippen molar-refractivity contribution >= 4 is 5.78 Å². The molecule has 0 aromatic carbocycles. The van der Waals surface area contributed by atoms with E-state index in [4.69, 9.17) is 14.5 Å². The van der Waals surface area contributed by atoms with Gasteiger partial charge in [-0.25, -0.2) is 0 Å². The van der Waals surface area contributed by atoms with Gasteiger partial charge in [-0.15, -0.1) is 0 Å². The van der Waals surface area contributed by atoms with Gasteiger partial charge in [0.05, 0.1) is 0 Å². The SMILES string of the molecule is CCC(=O)C1(CC)OOC2(CCCCC2)O1. The highest BCUT2D eigenvalue weighted by molar-refractivity contribution is 5.85. The molecule has 4 nitrogen and oxygen atoms in total. The number of ether oxygens (including phenoxy) is 1. The lowest BCUT2D eigenvalue weighted by molar-refractivity contribution is -0.348. The maximum absolute atomic E-state index is 11.9. The first-order valence-electron chi connectivity index (χ1n) is 6.27. The number of carbonyl (C=O) groups excluding carboxylic acids is 1. The van der Waals surface area contributed by atoms with Crippen molar-refractivity contribution in [1.82, 2.24) is 0 Å². The first-order valence-corrected chi connectivity index (χ1v) is 6.27. The van der Waals surface area contributed by atoms with Crippen LogP contribution in [0.1, 0.15) is 58.8 Å². The van der Waals surface area contributed by atoms with Crippen molar-refractivity contribution in [1.29, 1.82) is 0 Å². The Hall–Kier alpha value is -0.450. The van der Waals surface area contributed by atoms with Gasteiger partial charge in [0.2, 0.25) is 5.79 Å². The van der Waals surface area contributed by atoms with E-state index in [0.717, 1.165) is 25.7 Å². The molecule has 1 unspecified atom stereocenters. The van der Waals surface area contributed by atoms with Crippen LogP contribution in [0, 0.1) is 0 Å². The third-order valence-electron chi connectivity index (χ3n) is 3.51. The molecule has 1 aliphatic carbocycles. The smallest absolute Gasteiger partial charge is 0.263 e. The zero-order valence-electron chi connectivity index (χ0n) is 10.1. The van der Waals surface area contributed by atoms with Crippen LogP contribution in [0.2, 0.25) is 0 Å². The highest BCUT2D eigenvalue weighted by Crippen LogP contribution is 2.44. The summed E-state index contributed by atoms with van der Waals surface area (Å²) in [4.78, 5) is 22.5. The van der Waals surface area contributed by atoms with Crippen LogP contribution in [-0.4, -0.2) is 17.4 Å². The lowest BCUT2D eigenvalue weighted by Crippen LogP contribution is -2.43. The van der Waals surface area contributed by atoms with E-state index in [1.807, 2.05) is 13.8 Å². The van der Waals surface area contributed by atoms with E-state index >= 15 is 0 Å². The predicted molar refractivity (Wildman–Crippen MR) is 57.4 cm³/mol. The molecule has 0 radical (unpaired) electrons. The minimum absolute atomic E-state index is 0.0301. The van der Waals surface area contributed by atoms with Gasteiger partial charge < -0.3 is 4.74 Å². The number of ketones is 1. The minimum Gasteiger partial charge on any atom is -0.306 e. The molecule has 2 fully saturated rings. The Bertz CT molecular complexity index is 270. The summed E-state index contributed by atoms with van der Waals surface area (Å²) in [5.74, 6) is -1.83. The summed E-state index contributed by atoms with van der Waals surface area (Å²) in [6.07, 6.45) is 5.91. The summed E-state index contributed by atoms with van der Waals surface area (Å²) in [6, 6.07) is 0. The Morgan fingerprint density at radius 2 is 1.81 bits per heavy atom. The molecule has 0 N–H and O–H groups in total. The first kappa shape index (κ1) is 12.0. The normalized spacial score (nSPS) is 33.1. The lowest BCUT2D eigenvalue weighted by Gasteiger charge is -2.30. The van der Waals surface area contributed by atoms with E-state index in [1.165, 1.54) is 6.42 Å². The fourth-order valence-corrected chi connectivity index (χ4v) is 2.45. The Morgan fingerprint density at radius 1 is 1.12 bits per heavy atom. The molecule has 1 saturated heterocycles. The van der Waals surface area contributed by atoms with Gasteiger partial charge in [-0.3, -0.25) is 4.79 Å². The third kappa shape index (κ3) is 1.90. The Kier molecular flexibility index (Phi) is 3.33. The summed E-state index contributed by atoms with van der Waals surface area (Å²) in [7, 11) is 0. The topological polar surface area (TPSA) is 44.8 Å². The van der Waals surface area contributed by atoms with Gasteiger partial charge in [-0.05, 0) is 12.8 Å². The van der Waals surface area contributed by atoms with Gasteiger partial charge in [0.1, 0.15) is 0 Å². The second kappa shape index (κ2) is 4.43. The molecular weight excluding hydrogens is 208 g/mol. The van der Waals surface area contributed by atoms with Crippen LogP contribution < -0.4 is 0 Å². The molecule has 2 rings (SSSR count). The standard InChI is InChI=1S/C12H20O4/c1-3-10(13)12(4-2)14-11(15-16-12)8-6-5-7-9-11/h3-9H2,1-2H3. The second-order valence-corrected chi connectivity index (χ2v) is 4.62. The minimum atomic E-state index is -1.15. The highest BCUT2D eigenvalue weighted by Gasteiger charge is 2.55. The van der Waals surface area contributed by atoms with Crippen molar-refractivity contribution in [2.24, 2.45) is 0 Å². The number of hydrogen-bond donors (Lipinski definition) is 0. The molecule has 0 aromatic heterocycles. The number of hydrogen-bond acceptors (Lipinski definition) is 4. The van der Waals surface area contributed by atoms with Gasteiger partial charge in [-0.2, -0.15) is 9.78 Å². The van der Waals surface area contributed by atoms with Crippen LogP contribution >= 0.6 is 0 Å². The van der Waals surface area contributed by atoms with Crippen LogP contribution in [0.4, 0.5) is 0 Å². The van der Waals surface area contributed by atoms with E-state index in [-0.39, 0.29) is 5.78 Å². The van der Waals surface area contributed by atoms with Crippen molar-refractivity contribution < 1.29 is 19.3 Å². The Labute approximate surface area is 96.2 Å². The number of rotatable bonds is 3. The monoisotopic (exact) mass is 228 g/mol. The molecule has 0 amide bonds. The Balaban J connectivity index is 2.12. The van der Waals surface area contributed by atoms with Crippen LogP contribution in [-0.2, 0) is 19.3 Å². The molecule has 2 aliphatic rings. The molecule has 0 bridgehead atoms. The molecule has 1 saturated carbocycles. The molecule has 0 aromatic rings. The summed E-state index contributed by atoms with van der Waals surface area (Å²) in [5.41, 5.74) is 0. The van der Waals surface area contributed by atoms with Crippen LogP contribution in [0.25, 0.3) is 0 Å². The summed E-state index contributed by atoms with van der Waals surface area (Å²) >= 11 is 0. The zero-order valence-corrected chi connectivity index (χ0v) is 10.1. The molecular formula is C12H20O4. The third-order valence-corrected chi connectivity index (χ3v) is 3.51.